The van der Waals surface area contributed by atoms with E-state index in [-0.39, 0.29) is 5.91 Å². The van der Waals surface area contributed by atoms with E-state index in [0.29, 0.717) is 19.4 Å². The largest absolute Gasteiger partial charge is 0.444 e. The highest BCUT2D eigenvalue weighted by atomic mass is 16.6. The van der Waals surface area contributed by atoms with Gasteiger partial charge in [0.15, 0.2) is 0 Å². The molecule has 0 saturated carbocycles. The number of rotatable bonds is 7. The van der Waals surface area contributed by atoms with Gasteiger partial charge < -0.3 is 24.9 Å². The first-order valence-electron chi connectivity index (χ1n) is 10.0. The van der Waals surface area contributed by atoms with Gasteiger partial charge in [0.1, 0.15) is 11.6 Å². The number of carbonyl (C=O) groups is 2. The number of benzene rings is 1. The van der Waals surface area contributed by atoms with E-state index in [2.05, 4.69) is 20.6 Å². The minimum Gasteiger partial charge on any atom is -0.444 e. The summed E-state index contributed by atoms with van der Waals surface area (Å²) in [5.41, 5.74) is 2.34. The highest BCUT2D eigenvalue weighted by Gasteiger charge is 2.25. The molecule has 0 spiro atoms. The highest BCUT2D eigenvalue weighted by Crippen LogP contribution is 2.21. The van der Waals surface area contributed by atoms with Crippen LogP contribution in [0.5, 0.6) is 0 Å². The van der Waals surface area contributed by atoms with Crippen molar-refractivity contribution in [2.24, 2.45) is 7.05 Å². The molecular formula is C22H29N5O3. The van der Waals surface area contributed by atoms with Crippen LogP contribution in [-0.4, -0.2) is 44.7 Å². The third-order valence-electron chi connectivity index (χ3n) is 4.66. The number of H-pyrrole nitrogens is 1. The van der Waals surface area contributed by atoms with Gasteiger partial charge in [-0.25, -0.2) is 9.78 Å². The van der Waals surface area contributed by atoms with Gasteiger partial charge in [0.25, 0.3) is 0 Å². The van der Waals surface area contributed by atoms with Crippen molar-refractivity contribution in [1.29, 1.82) is 0 Å². The molecule has 30 heavy (non-hydrogen) atoms. The first kappa shape index (κ1) is 21.4. The SMILES string of the molecule is Cn1cc(C[C@@H](NC(=O)OC(C)(C)C)C(=O)NCCc2cnc[nH]2)c2ccccc21. The number of aromatic amines is 1. The molecule has 0 saturated heterocycles. The van der Waals surface area contributed by atoms with Crippen molar-refractivity contribution in [2.45, 2.75) is 45.3 Å². The lowest BCUT2D eigenvalue weighted by molar-refractivity contribution is -0.123. The molecule has 0 aliphatic heterocycles. The Labute approximate surface area is 176 Å². The molecular weight excluding hydrogens is 382 g/mol. The van der Waals surface area contributed by atoms with Gasteiger partial charge in [0.05, 0.1) is 6.33 Å². The van der Waals surface area contributed by atoms with Crippen molar-refractivity contribution >= 4 is 22.9 Å². The van der Waals surface area contributed by atoms with Crippen LogP contribution in [0.1, 0.15) is 32.0 Å². The van der Waals surface area contributed by atoms with Crippen LogP contribution >= 0.6 is 0 Å². The van der Waals surface area contributed by atoms with Gasteiger partial charge in [-0.15, -0.1) is 0 Å². The second kappa shape index (κ2) is 9.02. The predicted octanol–water partition coefficient (Wildman–Crippen LogP) is 2.70. The molecule has 0 bridgehead atoms. The maximum atomic E-state index is 12.9. The predicted molar refractivity (Wildman–Crippen MR) is 115 cm³/mol. The van der Waals surface area contributed by atoms with Crippen molar-refractivity contribution in [1.82, 2.24) is 25.2 Å². The normalized spacial score (nSPS) is 12.5. The monoisotopic (exact) mass is 411 g/mol. The van der Waals surface area contributed by atoms with Crippen LogP contribution < -0.4 is 10.6 Å². The Morgan fingerprint density at radius 2 is 2.03 bits per heavy atom. The van der Waals surface area contributed by atoms with Crippen LogP contribution in [-0.2, 0) is 29.4 Å². The van der Waals surface area contributed by atoms with E-state index in [1.807, 2.05) is 42.1 Å². The molecule has 3 N–H and O–H groups in total. The van der Waals surface area contributed by atoms with Crippen LogP contribution in [0.3, 0.4) is 0 Å². The van der Waals surface area contributed by atoms with E-state index in [9.17, 15) is 9.59 Å². The van der Waals surface area contributed by atoms with E-state index in [1.54, 1.807) is 33.3 Å². The van der Waals surface area contributed by atoms with Gasteiger partial charge in [0, 0.05) is 55.4 Å². The van der Waals surface area contributed by atoms with Crippen molar-refractivity contribution < 1.29 is 14.3 Å². The number of carbonyl (C=O) groups excluding carboxylic acids is 2. The van der Waals surface area contributed by atoms with Gasteiger partial charge in [0.2, 0.25) is 5.91 Å². The molecule has 0 fully saturated rings. The Bertz CT molecular complexity index is 1000. The fourth-order valence-electron chi connectivity index (χ4n) is 3.33. The summed E-state index contributed by atoms with van der Waals surface area (Å²) < 4.78 is 7.38. The lowest BCUT2D eigenvalue weighted by Gasteiger charge is -2.23. The molecule has 3 aromatic rings. The van der Waals surface area contributed by atoms with Crippen LogP contribution in [0, 0.1) is 0 Å². The first-order chi connectivity index (χ1) is 14.2. The van der Waals surface area contributed by atoms with E-state index >= 15 is 0 Å². The molecule has 2 amide bonds. The maximum absolute atomic E-state index is 12.9. The topological polar surface area (TPSA) is 101 Å². The Morgan fingerprint density at radius 1 is 1.27 bits per heavy atom. The summed E-state index contributed by atoms with van der Waals surface area (Å²) in [5.74, 6) is -0.256. The number of alkyl carbamates (subject to hydrolysis) is 1. The summed E-state index contributed by atoms with van der Waals surface area (Å²) in [7, 11) is 1.96. The smallest absolute Gasteiger partial charge is 0.408 e. The quantitative estimate of drug-likeness (QED) is 0.556. The number of nitrogens with one attached hydrogen (secondary N) is 3. The molecule has 8 heteroatoms. The summed E-state index contributed by atoms with van der Waals surface area (Å²) in [4.78, 5) is 32.2. The Morgan fingerprint density at radius 3 is 2.73 bits per heavy atom. The van der Waals surface area contributed by atoms with E-state index in [4.69, 9.17) is 4.74 Å². The molecule has 3 rings (SSSR count). The molecule has 160 valence electrons. The summed E-state index contributed by atoms with van der Waals surface area (Å²) in [6.07, 6.45) is 5.68. The Kier molecular flexibility index (Phi) is 6.44. The zero-order valence-electron chi connectivity index (χ0n) is 17.9. The van der Waals surface area contributed by atoms with Crippen LogP contribution in [0.2, 0.25) is 0 Å². The van der Waals surface area contributed by atoms with Crippen LogP contribution in [0.25, 0.3) is 10.9 Å². The molecule has 0 aliphatic carbocycles. The molecule has 1 atom stereocenters. The number of fused-ring (bicyclic) bond motifs is 1. The lowest BCUT2D eigenvalue weighted by Crippen LogP contribution is -2.49. The van der Waals surface area contributed by atoms with Crippen molar-refractivity contribution in [3.63, 3.8) is 0 Å². The molecule has 2 heterocycles. The number of aryl methyl sites for hydroxylation is 1. The fraction of sp³-hybridized carbons (Fsp3) is 0.409. The van der Waals surface area contributed by atoms with Crippen molar-refractivity contribution in [3.05, 3.63) is 54.2 Å². The zero-order chi connectivity index (χ0) is 21.7. The highest BCUT2D eigenvalue weighted by molar-refractivity contribution is 5.88. The number of nitrogens with zero attached hydrogens (tertiary/aromatic N) is 2. The number of hydrogen-bond acceptors (Lipinski definition) is 4. The Balaban J connectivity index is 1.73. The van der Waals surface area contributed by atoms with E-state index < -0.39 is 17.7 Å². The minimum absolute atomic E-state index is 0.256. The van der Waals surface area contributed by atoms with Gasteiger partial charge in [-0.3, -0.25) is 4.79 Å². The van der Waals surface area contributed by atoms with Gasteiger partial charge >= 0.3 is 6.09 Å². The molecule has 1 aromatic carbocycles. The summed E-state index contributed by atoms with van der Waals surface area (Å²) >= 11 is 0. The van der Waals surface area contributed by atoms with Crippen molar-refractivity contribution in [3.8, 4) is 0 Å². The number of ether oxygens (including phenoxy) is 1. The number of amides is 2. The molecule has 8 nitrogen and oxygen atoms in total. The molecule has 0 radical (unpaired) electrons. The average molecular weight is 412 g/mol. The van der Waals surface area contributed by atoms with Gasteiger partial charge in [-0.1, -0.05) is 18.2 Å². The zero-order valence-corrected chi connectivity index (χ0v) is 17.9. The number of hydrogen-bond donors (Lipinski definition) is 3. The number of imidazole rings is 1. The molecule has 0 unspecified atom stereocenters. The Hall–Kier alpha value is -3.29. The van der Waals surface area contributed by atoms with E-state index in [0.717, 1.165) is 22.2 Å². The summed E-state index contributed by atoms with van der Waals surface area (Å²) in [6, 6.07) is 7.23. The van der Waals surface area contributed by atoms with Crippen LogP contribution in [0.4, 0.5) is 4.79 Å². The summed E-state index contributed by atoms with van der Waals surface area (Å²) in [5, 5.41) is 6.69. The lowest BCUT2D eigenvalue weighted by atomic mass is 10.0. The standard InChI is InChI=1S/C22H29N5O3/c1-22(2,3)30-21(29)26-18(20(28)24-10-9-16-12-23-14-25-16)11-15-13-27(4)19-8-6-5-7-17(15)19/h5-8,12-14,18H,9-11H2,1-4H3,(H,23,25)(H,24,28)(H,26,29)/t18-/m1/s1. The first-order valence-corrected chi connectivity index (χ1v) is 10.0. The molecule has 0 aliphatic rings. The van der Waals surface area contributed by atoms with E-state index in [1.165, 1.54) is 0 Å². The third-order valence-corrected chi connectivity index (χ3v) is 4.66. The second-order valence-corrected chi connectivity index (χ2v) is 8.30. The number of para-hydroxylation sites is 1. The minimum atomic E-state index is -0.757. The fourth-order valence-corrected chi connectivity index (χ4v) is 3.33. The third kappa shape index (κ3) is 5.62. The van der Waals surface area contributed by atoms with Crippen molar-refractivity contribution in [2.75, 3.05) is 6.54 Å². The van der Waals surface area contributed by atoms with Crippen LogP contribution in [0.15, 0.2) is 43.0 Å². The van der Waals surface area contributed by atoms with Gasteiger partial charge in [-0.2, -0.15) is 0 Å². The second-order valence-electron chi connectivity index (χ2n) is 8.30. The average Bonchev–Trinajstić information content (AvgIpc) is 3.28. The molecule has 2 aromatic heterocycles. The number of aromatic nitrogens is 3. The summed E-state index contributed by atoms with van der Waals surface area (Å²) in [6.45, 7) is 5.80. The maximum Gasteiger partial charge on any atom is 0.408 e. The van der Waals surface area contributed by atoms with Gasteiger partial charge in [-0.05, 0) is 32.4 Å².